The van der Waals surface area contributed by atoms with Crippen LogP contribution in [-0.2, 0) is 21.9 Å². The number of esters is 1. The molecule has 41 heavy (non-hydrogen) atoms. The normalized spacial score (nSPS) is 13.3. The first kappa shape index (κ1) is 31.8. The first-order chi connectivity index (χ1) is 18.8. The Balaban J connectivity index is 2.32. The van der Waals surface area contributed by atoms with Crippen LogP contribution >= 0.6 is 0 Å². The fourth-order valence-corrected chi connectivity index (χ4v) is 4.18. The van der Waals surface area contributed by atoms with Crippen LogP contribution in [0.5, 0.6) is 5.75 Å². The Kier molecular flexibility index (Phi) is 8.99. The third-order valence-electron chi connectivity index (χ3n) is 5.96. The molecule has 0 bridgehead atoms. The van der Waals surface area contributed by atoms with Crippen LogP contribution in [0.15, 0.2) is 54.6 Å². The summed E-state index contributed by atoms with van der Waals surface area (Å²) < 4.78 is 142. The van der Waals surface area contributed by atoms with Gasteiger partial charge in [-0.3, -0.25) is 4.79 Å². The van der Waals surface area contributed by atoms with Gasteiger partial charge in [-0.1, -0.05) is 32.0 Å². The largest absolute Gasteiger partial charge is 0.573 e. The molecule has 0 aliphatic rings. The highest BCUT2D eigenvalue weighted by molar-refractivity contribution is 5.82. The lowest BCUT2D eigenvalue weighted by Gasteiger charge is -2.20. The van der Waals surface area contributed by atoms with E-state index in [1.165, 1.54) is 12.1 Å². The molecule has 1 atom stereocenters. The summed E-state index contributed by atoms with van der Waals surface area (Å²) in [6.45, 7) is 3.52. The second kappa shape index (κ2) is 11.6. The van der Waals surface area contributed by atoms with E-state index >= 15 is 0 Å². The van der Waals surface area contributed by atoms with Crippen molar-refractivity contribution in [2.75, 3.05) is 7.11 Å². The summed E-state index contributed by atoms with van der Waals surface area (Å²) in [5.74, 6) is -4.48. The number of hydrogen-bond acceptors (Lipinski definition) is 3. The van der Waals surface area contributed by atoms with Gasteiger partial charge in [0, 0.05) is 0 Å². The van der Waals surface area contributed by atoms with Crippen LogP contribution in [0.2, 0.25) is 0 Å². The average Bonchev–Trinajstić information content (AvgIpc) is 2.85. The summed E-state index contributed by atoms with van der Waals surface area (Å²) in [6.07, 6.45) is -15.3. The molecule has 1 unspecified atom stereocenters. The maximum Gasteiger partial charge on any atom is 0.573 e. The zero-order valence-corrected chi connectivity index (χ0v) is 21.6. The molecule has 0 saturated heterocycles. The average molecular weight is 596 g/mol. The molecule has 0 heterocycles. The van der Waals surface area contributed by atoms with Gasteiger partial charge in [0.15, 0.2) is 11.6 Å². The molecule has 0 radical (unpaired) electrons. The van der Waals surface area contributed by atoms with E-state index in [2.05, 4.69) is 4.74 Å². The number of halogens is 10. The predicted octanol–water partition coefficient (Wildman–Crippen LogP) is 9.40. The van der Waals surface area contributed by atoms with Crippen molar-refractivity contribution in [1.82, 2.24) is 0 Å². The number of rotatable bonds is 7. The highest BCUT2D eigenvalue weighted by Crippen LogP contribution is 2.41. The Morgan fingerprint density at radius 2 is 1.24 bits per heavy atom. The number of carbonyl (C=O) groups excluding carboxylic acids is 1. The molecule has 0 spiro atoms. The molecule has 3 rings (SSSR count). The standard InChI is InChI=1S/C28H22F10O3/c1-14(2)6-22(25(39)40-3)19-8-16(15-4-5-24(23(29)12-15)41-28(36,37)38)7-17(9-19)18-10-20(26(30,31)32)13-21(11-18)27(33,34)35/h4-5,7-14,22H,6H2,1-3H3. The molecular weight excluding hydrogens is 574 g/mol. The summed E-state index contributed by atoms with van der Waals surface area (Å²) in [4.78, 5) is 12.6. The van der Waals surface area contributed by atoms with Gasteiger partial charge in [-0.15, -0.1) is 13.2 Å². The van der Waals surface area contributed by atoms with Crippen molar-refractivity contribution in [2.45, 2.75) is 44.9 Å². The third-order valence-corrected chi connectivity index (χ3v) is 5.96. The molecule has 0 amide bonds. The molecule has 3 nitrogen and oxygen atoms in total. The Bertz CT molecular complexity index is 1370. The van der Waals surface area contributed by atoms with Crippen LogP contribution < -0.4 is 4.74 Å². The lowest BCUT2D eigenvalue weighted by Crippen LogP contribution is -2.18. The first-order valence-corrected chi connectivity index (χ1v) is 11.9. The molecule has 3 aromatic carbocycles. The van der Waals surface area contributed by atoms with E-state index in [1.807, 2.05) is 0 Å². The Hall–Kier alpha value is -3.77. The monoisotopic (exact) mass is 596 g/mol. The number of carbonyl (C=O) groups is 1. The molecule has 0 fully saturated rings. The Morgan fingerprint density at radius 1 is 0.732 bits per heavy atom. The zero-order valence-electron chi connectivity index (χ0n) is 21.6. The topological polar surface area (TPSA) is 35.5 Å². The minimum absolute atomic E-state index is 0.00131. The van der Waals surface area contributed by atoms with Gasteiger partial charge in [0.25, 0.3) is 0 Å². The highest BCUT2D eigenvalue weighted by Gasteiger charge is 2.37. The van der Waals surface area contributed by atoms with Crippen LogP contribution in [0.1, 0.15) is 42.9 Å². The van der Waals surface area contributed by atoms with Crippen molar-refractivity contribution >= 4 is 5.97 Å². The van der Waals surface area contributed by atoms with E-state index in [1.54, 1.807) is 13.8 Å². The van der Waals surface area contributed by atoms with Crippen LogP contribution in [0.25, 0.3) is 22.3 Å². The number of benzene rings is 3. The molecule has 0 saturated carbocycles. The second-order valence-corrected chi connectivity index (χ2v) is 9.54. The molecule has 0 aliphatic carbocycles. The van der Waals surface area contributed by atoms with Gasteiger partial charge in [-0.25, -0.2) is 4.39 Å². The zero-order chi connectivity index (χ0) is 30.9. The van der Waals surface area contributed by atoms with E-state index in [0.29, 0.717) is 24.3 Å². The Labute approximate surface area is 227 Å². The molecule has 3 aromatic rings. The summed E-state index contributed by atoms with van der Waals surface area (Å²) >= 11 is 0. The van der Waals surface area contributed by atoms with Crippen molar-refractivity contribution in [2.24, 2.45) is 5.92 Å². The van der Waals surface area contributed by atoms with Crippen molar-refractivity contribution in [3.8, 4) is 28.0 Å². The van der Waals surface area contributed by atoms with Gasteiger partial charge in [0.1, 0.15) is 0 Å². The smallest absolute Gasteiger partial charge is 0.469 e. The van der Waals surface area contributed by atoms with Gasteiger partial charge in [0.05, 0.1) is 24.2 Å². The predicted molar refractivity (Wildman–Crippen MR) is 128 cm³/mol. The quantitative estimate of drug-likeness (QED) is 0.201. The minimum Gasteiger partial charge on any atom is -0.469 e. The molecule has 13 heteroatoms. The van der Waals surface area contributed by atoms with E-state index in [4.69, 9.17) is 4.74 Å². The third kappa shape index (κ3) is 8.14. The Morgan fingerprint density at radius 3 is 1.68 bits per heavy atom. The lowest BCUT2D eigenvalue weighted by atomic mass is 9.86. The van der Waals surface area contributed by atoms with Crippen LogP contribution in [-0.4, -0.2) is 19.4 Å². The molecule has 0 N–H and O–H groups in total. The van der Waals surface area contributed by atoms with Gasteiger partial charge in [-0.05, 0) is 76.6 Å². The van der Waals surface area contributed by atoms with Crippen LogP contribution in [0.3, 0.4) is 0 Å². The van der Waals surface area contributed by atoms with Gasteiger partial charge in [-0.2, -0.15) is 26.3 Å². The van der Waals surface area contributed by atoms with Gasteiger partial charge in [0.2, 0.25) is 0 Å². The second-order valence-electron chi connectivity index (χ2n) is 9.54. The van der Waals surface area contributed by atoms with E-state index < -0.39 is 58.9 Å². The van der Waals surface area contributed by atoms with Gasteiger partial charge < -0.3 is 9.47 Å². The number of alkyl halides is 9. The van der Waals surface area contributed by atoms with Crippen LogP contribution in [0, 0.1) is 11.7 Å². The van der Waals surface area contributed by atoms with Crippen molar-refractivity contribution < 1.29 is 58.2 Å². The highest BCUT2D eigenvalue weighted by atomic mass is 19.4. The minimum atomic E-state index is -5.19. The summed E-state index contributed by atoms with van der Waals surface area (Å²) in [5.41, 5.74) is -3.83. The summed E-state index contributed by atoms with van der Waals surface area (Å²) in [7, 11) is 1.09. The molecule has 0 aromatic heterocycles. The van der Waals surface area contributed by atoms with Crippen LogP contribution in [0.4, 0.5) is 43.9 Å². The maximum absolute atomic E-state index is 14.5. The lowest BCUT2D eigenvalue weighted by molar-refractivity contribution is -0.275. The fourth-order valence-electron chi connectivity index (χ4n) is 4.18. The van der Waals surface area contributed by atoms with E-state index in [9.17, 15) is 48.7 Å². The number of hydrogen-bond donors (Lipinski definition) is 0. The SMILES string of the molecule is COC(=O)C(CC(C)C)c1cc(-c2cc(C(F)(F)F)cc(C(F)(F)F)c2)cc(-c2ccc(OC(F)(F)F)c(F)c2)c1. The summed E-state index contributed by atoms with van der Waals surface area (Å²) in [5, 5.41) is 0. The van der Waals surface area contributed by atoms with E-state index in [-0.39, 0.29) is 40.7 Å². The summed E-state index contributed by atoms with van der Waals surface area (Å²) in [6, 6.07) is 7.00. The van der Waals surface area contributed by atoms with E-state index in [0.717, 1.165) is 19.2 Å². The first-order valence-electron chi connectivity index (χ1n) is 11.9. The maximum atomic E-state index is 14.5. The van der Waals surface area contributed by atoms with Crippen molar-refractivity contribution in [3.05, 3.63) is 77.1 Å². The number of methoxy groups -OCH3 is 1. The van der Waals surface area contributed by atoms with Gasteiger partial charge >= 0.3 is 24.7 Å². The van der Waals surface area contributed by atoms with Crippen molar-refractivity contribution in [3.63, 3.8) is 0 Å². The van der Waals surface area contributed by atoms with Crippen molar-refractivity contribution in [1.29, 1.82) is 0 Å². The molecule has 222 valence electrons. The molecule has 0 aliphatic heterocycles. The fraction of sp³-hybridized carbons (Fsp3) is 0.321. The number of ether oxygens (including phenoxy) is 2. The molecular formula is C28H22F10O3.